The Hall–Kier alpha value is -1.62. The molecule has 1 aromatic heterocycles. The van der Waals surface area contributed by atoms with Crippen molar-refractivity contribution >= 4 is 5.91 Å². The zero-order chi connectivity index (χ0) is 15.7. The third-order valence-corrected chi connectivity index (χ3v) is 5.34. The van der Waals surface area contributed by atoms with Crippen LogP contribution in [0.4, 0.5) is 0 Å². The molecule has 2 aliphatic rings. The number of aromatic nitrogens is 1. The highest BCUT2D eigenvalue weighted by atomic mass is 16.2. The maximum Gasteiger partial charge on any atom is 0.255 e. The molecule has 0 atom stereocenters. The number of aromatic amines is 1. The topological polar surface area (TPSA) is 56.4 Å². The summed E-state index contributed by atoms with van der Waals surface area (Å²) in [4.78, 5) is 31.2. The molecule has 0 bridgehead atoms. The highest BCUT2D eigenvalue weighted by Gasteiger charge is 2.38. The summed E-state index contributed by atoms with van der Waals surface area (Å²) in [5, 5.41) is 0. The van der Waals surface area contributed by atoms with Crippen molar-refractivity contribution in [2.45, 2.75) is 45.1 Å². The monoisotopic (exact) mass is 303 g/mol. The molecular weight excluding hydrogens is 278 g/mol. The molecule has 0 unspecified atom stereocenters. The number of piperidine rings is 1. The minimum atomic E-state index is -0.158. The van der Waals surface area contributed by atoms with E-state index in [4.69, 9.17) is 0 Å². The fourth-order valence-corrected chi connectivity index (χ4v) is 3.74. The summed E-state index contributed by atoms with van der Waals surface area (Å²) in [6, 6.07) is 3.07. The zero-order valence-corrected chi connectivity index (χ0v) is 13.5. The summed E-state index contributed by atoms with van der Waals surface area (Å²) in [5.41, 5.74) is 1.36. The lowest BCUT2D eigenvalue weighted by atomic mass is 9.87. The van der Waals surface area contributed by atoms with Crippen LogP contribution in [0, 0.1) is 6.92 Å². The summed E-state index contributed by atoms with van der Waals surface area (Å²) < 4.78 is 0. The molecule has 0 aliphatic carbocycles. The Kier molecular flexibility index (Phi) is 4.08. The van der Waals surface area contributed by atoms with Gasteiger partial charge in [-0.25, -0.2) is 0 Å². The Balaban J connectivity index is 1.68. The normalized spacial score (nSPS) is 22.0. The van der Waals surface area contributed by atoms with Gasteiger partial charge in [-0.05, 0) is 58.7 Å². The number of aryl methyl sites for hydroxylation is 1. The standard InChI is InChI=1S/C17H25N3O2/c1-13-14(5-6-15(21)18-13)16(22)19-11-7-17(2,8-12-19)20-9-3-4-10-20/h5-6H,3-4,7-12H2,1-2H3,(H,18,21). The SMILES string of the molecule is Cc1[nH]c(=O)ccc1C(=O)N1CCC(C)(N2CCCC2)CC1. The van der Waals surface area contributed by atoms with Gasteiger partial charge in [0.15, 0.2) is 0 Å². The van der Waals surface area contributed by atoms with Gasteiger partial charge >= 0.3 is 0 Å². The molecule has 2 aliphatic heterocycles. The maximum atomic E-state index is 12.7. The summed E-state index contributed by atoms with van der Waals surface area (Å²) in [7, 11) is 0. The molecule has 1 aromatic rings. The van der Waals surface area contributed by atoms with Crippen LogP contribution in [0.25, 0.3) is 0 Å². The quantitative estimate of drug-likeness (QED) is 0.906. The minimum absolute atomic E-state index is 0.0391. The third kappa shape index (κ3) is 2.82. The van der Waals surface area contributed by atoms with Gasteiger partial charge in [0.25, 0.3) is 5.91 Å². The molecule has 2 saturated heterocycles. The number of hydrogen-bond donors (Lipinski definition) is 1. The number of carbonyl (C=O) groups is 1. The molecule has 3 rings (SSSR count). The lowest BCUT2D eigenvalue weighted by molar-refractivity contribution is 0.0405. The van der Waals surface area contributed by atoms with Crippen molar-refractivity contribution in [3.8, 4) is 0 Å². The molecule has 1 N–H and O–H groups in total. The van der Waals surface area contributed by atoms with Gasteiger partial charge in [-0.3, -0.25) is 14.5 Å². The predicted molar refractivity (Wildman–Crippen MR) is 86.1 cm³/mol. The van der Waals surface area contributed by atoms with E-state index in [1.807, 2.05) is 4.90 Å². The number of nitrogens with zero attached hydrogens (tertiary/aromatic N) is 2. The first-order chi connectivity index (χ1) is 10.5. The van der Waals surface area contributed by atoms with E-state index in [2.05, 4.69) is 16.8 Å². The van der Waals surface area contributed by atoms with E-state index in [1.165, 1.54) is 32.0 Å². The summed E-state index contributed by atoms with van der Waals surface area (Å²) in [5.74, 6) is 0.0391. The van der Waals surface area contributed by atoms with Crippen LogP contribution in [0.3, 0.4) is 0 Å². The first-order valence-electron chi connectivity index (χ1n) is 8.24. The molecule has 0 spiro atoms. The number of carbonyl (C=O) groups excluding carboxylic acids is 1. The van der Waals surface area contributed by atoms with E-state index in [-0.39, 0.29) is 17.0 Å². The van der Waals surface area contributed by atoms with E-state index >= 15 is 0 Å². The summed E-state index contributed by atoms with van der Waals surface area (Å²) >= 11 is 0. The van der Waals surface area contributed by atoms with Crippen LogP contribution in [0.15, 0.2) is 16.9 Å². The fraction of sp³-hybridized carbons (Fsp3) is 0.647. The van der Waals surface area contributed by atoms with Gasteiger partial charge in [0.05, 0.1) is 5.56 Å². The van der Waals surface area contributed by atoms with Gasteiger partial charge in [0.1, 0.15) is 0 Å². The smallest absolute Gasteiger partial charge is 0.255 e. The number of H-pyrrole nitrogens is 1. The van der Waals surface area contributed by atoms with E-state index in [1.54, 1.807) is 13.0 Å². The molecule has 120 valence electrons. The van der Waals surface area contributed by atoms with E-state index in [0.29, 0.717) is 11.3 Å². The molecule has 0 radical (unpaired) electrons. The molecule has 5 heteroatoms. The Morgan fingerprint density at radius 3 is 2.36 bits per heavy atom. The predicted octanol–water partition coefficient (Wildman–Crippen LogP) is 1.77. The molecule has 5 nitrogen and oxygen atoms in total. The molecular formula is C17H25N3O2. The summed E-state index contributed by atoms with van der Waals surface area (Å²) in [6.45, 7) is 8.11. The number of amides is 1. The van der Waals surface area contributed by atoms with Crippen molar-refractivity contribution in [3.63, 3.8) is 0 Å². The van der Waals surface area contributed by atoms with Gasteiger partial charge in [0.2, 0.25) is 5.56 Å². The van der Waals surface area contributed by atoms with Crippen LogP contribution in [0.2, 0.25) is 0 Å². The highest BCUT2D eigenvalue weighted by molar-refractivity contribution is 5.95. The number of rotatable bonds is 2. The Bertz CT molecular complexity index is 609. The van der Waals surface area contributed by atoms with Gasteiger partial charge in [0, 0.05) is 30.4 Å². The van der Waals surface area contributed by atoms with Crippen LogP contribution in [0.1, 0.15) is 48.7 Å². The van der Waals surface area contributed by atoms with Crippen molar-refractivity contribution in [1.82, 2.24) is 14.8 Å². The van der Waals surface area contributed by atoms with Crippen LogP contribution in [-0.4, -0.2) is 52.4 Å². The lowest BCUT2D eigenvalue weighted by Crippen LogP contribution is -2.53. The van der Waals surface area contributed by atoms with Crippen LogP contribution in [0.5, 0.6) is 0 Å². The second kappa shape index (κ2) is 5.88. The van der Waals surface area contributed by atoms with Crippen molar-refractivity contribution in [2.75, 3.05) is 26.2 Å². The minimum Gasteiger partial charge on any atom is -0.338 e. The number of nitrogens with one attached hydrogen (secondary N) is 1. The van der Waals surface area contributed by atoms with Crippen LogP contribution in [-0.2, 0) is 0 Å². The van der Waals surface area contributed by atoms with Crippen LogP contribution < -0.4 is 5.56 Å². The molecule has 22 heavy (non-hydrogen) atoms. The van der Waals surface area contributed by atoms with Crippen LogP contribution >= 0.6 is 0 Å². The van der Waals surface area contributed by atoms with Crippen molar-refractivity contribution in [2.24, 2.45) is 0 Å². The van der Waals surface area contributed by atoms with Gasteiger partial charge < -0.3 is 9.88 Å². The molecule has 3 heterocycles. The first-order valence-corrected chi connectivity index (χ1v) is 8.24. The maximum absolute atomic E-state index is 12.7. The van der Waals surface area contributed by atoms with Gasteiger partial charge in [-0.2, -0.15) is 0 Å². The van der Waals surface area contributed by atoms with E-state index in [9.17, 15) is 9.59 Å². The lowest BCUT2D eigenvalue weighted by Gasteiger charge is -2.45. The number of pyridine rings is 1. The van der Waals surface area contributed by atoms with E-state index in [0.717, 1.165) is 25.9 Å². The highest BCUT2D eigenvalue weighted by Crippen LogP contribution is 2.32. The Morgan fingerprint density at radius 2 is 1.77 bits per heavy atom. The number of likely N-dealkylation sites (tertiary alicyclic amines) is 2. The zero-order valence-electron chi connectivity index (χ0n) is 13.5. The molecule has 2 fully saturated rings. The molecule has 0 aromatic carbocycles. The van der Waals surface area contributed by atoms with Crippen molar-refractivity contribution in [1.29, 1.82) is 0 Å². The number of hydrogen-bond acceptors (Lipinski definition) is 3. The van der Waals surface area contributed by atoms with Gasteiger partial charge in [-0.1, -0.05) is 0 Å². The second-order valence-corrected chi connectivity index (χ2v) is 6.84. The van der Waals surface area contributed by atoms with Gasteiger partial charge in [-0.15, -0.1) is 0 Å². The second-order valence-electron chi connectivity index (χ2n) is 6.84. The third-order valence-electron chi connectivity index (χ3n) is 5.34. The average molecular weight is 303 g/mol. The molecule has 1 amide bonds. The first kappa shape index (κ1) is 15.3. The van der Waals surface area contributed by atoms with Crippen molar-refractivity contribution in [3.05, 3.63) is 33.7 Å². The van der Waals surface area contributed by atoms with E-state index < -0.39 is 0 Å². The average Bonchev–Trinajstić information content (AvgIpc) is 3.02. The largest absolute Gasteiger partial charge is 0.338 e. The fourth-order valence-electron chi connectivity index (χ4n) is 3.74. The van der Waals surface area contributed by atoms with Crippen molar-refractivity contribution < 1.29 is 4.79 Å². The Morgan fingerprint density at radius 1 is 1.14 bits per heavy atom. The molecule has 0 saturated carbocycles. The Labute approximate surface area is 131 Å². The summed E-state index contributed by atoms with van der Waals surface area (Å²) in [6.07, 6.45) is 4.66.